The van der Waals surface area contributed by atoms with E-state index >= 15 is 0 Å². The first-order valence-electron chi connectivity index (χ1n) is 9.98. The van der Waals surface area contributed by atoms with Gasteiger partial charge in [-0.05, 0) is 53.8 Å². The number of nitrogens with zero attached hydrogens (tertiary/aromatic N) is 1. The predicted octanol–water partition coefficient (Wildman–Crippen LogP) is 3.46. The first kappa shape index (κ1) is 21.2. The van der Waals surface area contributed by atoms with E-state index in [0.717, 1.165) is 28.2 Å². The number of carbonyl (C=O) groups is 1. The number of aliphatic hydroxyl groups excluding tert-OH is 1. The molecule has 2 aromatic rings. The number of aliphatic hydroxyl groups is 1. The molecule has 1 unspecified atom stereocenters. The molecule has 0 bridgehead atoms. The molecular formula is C22H23F3N2O2S. The van der Waals surface area contributed by atoms with E-state index in [1.807, 2.05) is 18.2 Å². The van der Waals surface area contributed by atoms with E-state index in [-0.39, 0.29) is 12.5 Å². The van der Waals surface area contributed by atoms with Crippen LogP contribution in [-0.4, -0.2) is 48.7 Å². The van der Waals surface area contributed by atoms with Crippen LogP contribution in [0.3, 0.4) is 0 Å². The van der Waals surface area contributed by atoms with Crippen LogP contribution in [0.2, 0.25) is 0 Å². The Kier molecular flexibility index (Phi) is 6.09. The molecule has 2 aliphatic heterocycles. The molecule has 30 heavy (non-hydrogen) atoms. The average molecular weight is 436 g/mol. The van der Waals surface area contributed by atoms with Crippen LogP contribution in [0, 0.1) is 0 Å². The molecule has 2 aliphatic rings. The number of nitrogens with one attached hydrogen (secondary N) is 1. The van der Waals surface area contributed by atoms with Gasteiger partial charge in [0.15, 0.2) is 0 Å². The van der Waals surface area contributed by atoms with Crippen molar-refractivity contribution in [3.05, 3.63) is 58.7 Å². The molecule has 2 heterocycles. The molecule has 160 valence electrons. The smallest absolute Gasteiger partial charge is 0.396 e. The number of amides is 1. The zero-order valence-electron chi connectivity index (χ0n) is 16.3. The fraction of sp³-hybridized carbons (Fsp3) is 0.409. The highest BCUT2D eigenvalue weighted by Gasteiger charge is 2.36. The number of piperazine rings is 1. The molecule has 0 aromatic heterocycles. The van der Waals surface area contributed by atoms with Gasteiger partial charge in [0.25, 0.3) is 0 Å². The lowest BCUT2D eigenvalue weighted by Gasteiger charge is -2.31. The molecule has 2 N–H and O–H groups in total. The second-order valence-corrected chi connectivity index (χ2v) is 8.64. The van der Waals surface area contributed by atoms with Gasteiger partial charge in [0.2, 0.25) is 5.91 Å². The highest BCUT2D eigenvalue weighted by molar-refractivity contribution is 7.99. The van der Waals surface area contributed by atoms with Crippen molar-refractivity contribution in [3.8, 4) is 0 Å². The van der Waals surface area contributed by atoms with Gasteiger partial charge in [-0.2, -0.15) is 13.2 Å². The summed E-state index contributed by atoms with van der Waals surface area (Å²) >= 11 is 1.40. The van der Waals surface area contributed by atoms with Gasteiger partial charge < -0.3 is 15.3 Å². The highest BCUT2D eigenvalue weighted by Crippen LogP contribution is 2.45. The van der Waals surface area contributed by atoms with Crippen LogP contribution in [0.5, 0.6) is 0 Å². The third kappa shape index (κ3) is 4.22. The third-order valence-corrected chi connectivity index (χ3v) is 6.87. The number of hydrogen-bond donors (Lipinski definition) is 2. The van der Waals surface area contributed by atoms with Crippen molar-refractivity contribution in [1.82, 2.24) is 10.2 Å². The van der Waals surface area contributed by atoms with E-state index in [4.69, 9.17) is 0 Å². The van der Waals surface area contributed by atoms with Crippen LogP contribution in [-0.2, 0) is 23.8 Å². The lowest BCUT2D eigenvalue weighted by Crippen LogP contribution is -2.48. The topological polar surface area (TPSA) is 52.6 Å². The normalized spacial score (nSPS) is 19.1. The number of halogens is 3. The van der Waals surface area contributed by atoms with E-state index in [1.54, 1.807) is 4.90 Å². The second-order valence-electron chi connectivity index (χ2n) is 7.55. The van der Waals surface area contributed by atoms with E-state index < -0.39 is 17.7 Å². The van der Waals surface area contributed by atoms with Crippen molar-refractivity contribution in [2.24, 2.45) is 0 Å². The second kappa shape index (κ2) is 8.61. The third-order valence-electron chi connectivity index (χ3n) is 5.68. The lowest BCUT2D eigenvalue weighted by atomic mass is 9.87. The SMILES string of the molecule is O=C(C1Cc2c(CCO)cccc2Sc2ccc(C(F)(F)F)cc21)N1CCNCC1. The monoisotopic (exact) mass is 436 g/mol. The quantitative estimate of drug-likeness (QED) is 0.774. The van der Waals surface area contributed by atoms with Gasteiger partial charge in [0.1, 0.15) is 0 Å². The summed E-state index contributed by atoms with van der Waals surface area (Å²) in [4.78, 5) is 16.8. The minimum absolute atomic E-state index is 0.0251. The molecule has 4 rings (SSSR count). The van der Waals surface area contributed by atoms with Crippen molar-refractivity contribution in [1.29, 1.82) is 0 Å². The fourth-order valence-corrected chi connectivity index (χ4v) is 5.32. The maximum atomic E-state index is 13.5. The van der Waals surface area contributed by atoms with Crippen molar-refractivity contribution in [3.63, 3.8) is 0 Å². The minimum atomic E-state index is -4.47. The van der Waals surface area contributed by atoms with Gasteiger partial charge in [-0.15, -0.1) is 0 Å². The number of fused-ring (bicyclic) bond motifs is 2. The molecular weight excluding hydrogens is 413 g/mol. The van der Waals surface area contributed by atoms with Crippen LogP contribution in [0.1, 0.15) is 28.2 Å². The molecule has 1 fully saturated rings. The molecule has 0 saturated carbocycles. The molecule has 0 radical (unpaired) electrons. The summed E-state index contributed by atoms with van der Waals surface area (Å²) in [6.45, 7) is 2.41. The molecule has 0 aliphatic carbocycles. The van der Waals surface area contributed by atoms with Crippen molar-refractivity contribution in [2.45, 2.75) is 34.7 Å². The zero-order valence-corrected chi connectivity index (χ0v) is 17.2. The largest absolute Gasteiger partial charge is 0.416 e. The zero-order chi connectivity index (χ0) is 21.3. The predicted molar refractivity (Wildman–Crippen MR) is 109 cm³/mol. The molecule has 2 aromatic carbocycles. The minimum Gasteiger partial charge on any atom is -0.396 e. The number of hydrogen-bond acceptors (Lipinski definition) is 4. The first-order valence-corrected chi connectivity index (χ1v) is 10.8. The molecule has 8 heteroatoms. The van der Waals surface area contributed by atoms with Gasteiger partial charge in [-0.25, -0.2) is 0 Å². The van der Waals surface area contributed by atoms with E-state index in [0.29, 0.717) is 49.5 Å². The molecule has 4 nitrogen and oxygen atoms in total. The number of rotatable bonds is 3. The first-order chi connectivity index (χ1) is 14.4. The van der Waals surface area contributed by atoms with E-state index in [2.05, 4.69) is 5.32 Å². The molecule has 1 atom stereocenters. The Morgan fingerprint density at radius 2 is 1.93 bits per heavy atom. The van der Waals surface area contributed by atoms with Crippen LogP contribution in [0.15, 0.2) is 46.2 Å². The van der Waals surface area contributed by atoms with Gasteiger partial charge in [0, 0.05) is 42.6 Å². The Labute approximate surface area is 177 Å². The Bertz CT molecular complexity index is 942. The van der Waals surface area contributed by atoms with Crippen LogP contribution in [0.4, 0.5) is 13.2 Å². The van der Waals surface area contributed by atoms with Crippen molar-refractivity contribution in [2.75, 3.05) is 32.8 Å². The average Bonchev–Trinajstić information content (AvgIpc) is 2.90. The summed E-state index contributed by atoms with van der Waals surface area (Å²) < 4.78 is 40.3. The molecule has 1 amide bonds. The van der Waals surface area contributed by atoms with E-state index in [9.17, 15) is 23.1 Å². The summed E-state index contributed by atoms with van der Waals surface area (Å²) in [7, 11) is 0. The van der Waals surface area contributed by atoms with Gasteiger partial charge in [0.05, 0.1) is 11.5 Å². The van der Waals surface area contributed by atoms with Crippen molar-refractivity contribution < 1.29 is 23.1 Å². The number of alkyl halides is 3. The Balaban J connectivity index is 1.82. The van der Waals surface area contributed by atoms with Crippen LogP contribution >= 0.6 is 11.8 Å². The number of benzene rings is 2. The summed E-state index contributed by atoms with van der Waals surface area (Å²) in [5.41, 5.74) is 1.57. The molecule has 0 spiro atoms. The van der Waals surface area contributed by atoms with Gasteiger partial charge in [-0.1, -0.05) is 23.9 Å². The lowest BCUT2D eigenvalue weighted by molar-refractivity contribution is -0.138. The van der Waals surface area contributed by atoms with Crippen LogP contribution in [0.25, 0.3) is 0 Å². The summed E-state index contributed by atoms with van der Waals surface area (Å²) in [6, 6.07) is 9.44. The Morgan fingerprint density at radius 1 is 1.17 bits per heavy atom. The maximum absolute atomic E-state index is 13.5. The molecule has 1 saturated heterocycles. The standard InChI is InChI=1S/C22H23F3N2O2S/c23-22(24,25)15-4-5-20-17(12-15)18(21(29)27-9-7-26-8-10-27)13-16-14(6-11-28)2-1-3-19(16)30-20/h1-5,12,18,26,28H,6-11,13H2. The van der Waals surface area contributed by atoms with Crippen LogP contribution < -0.4 is 5.32 Å². The number of carbonyl (C=O) groups excluding carboxylic acids is 1. The summed E-state index contributed by atoms with van der Waals surface area (Å²) in [6.07, 6.45) is -3.69. The van der Waals surface area contributed by atoms with Gasteiger partial charge in [-0.3, -0.25) is 4.79 Å². The Hall–Kier alpha value is -2.03. The Morgan fingerprint density at radius 3 is 2.63 bits per heavy atom. The highest BCUT2D eigenvalue weighted by atomic mass is 32.2. The van der Waals surface area contributed by atoms with Gasteiger partial charge >= 0.3 is 6.18 Å². The summed E-state index contributed by atoms with van der Waals surface area (Å²) in [5.74, 6) is -0.821. The summed E-state index contributed by atoms with van der Waals surface area (Å²) in [5, 5.41) is 12.7. The van der Waals surface area contributed by atoms with E-state index in [1.165, 1.54) is 17.8 Å². The van der Waals surface area contributed by atoms with Crippen molar-refractivity contribution >= 4 is 17.7 Å². The maximum Gasteiger partial charge on any atom is 0.416 e. The fourth-order valence-electron chi connectivity index (χ4n) is 4.14.